The van der Waals surface area contributed by atoms with Crippen LogP contribution in [0.15, 0.2) is 0 Å². The van der Waals surface area contributed by atoms with Crippen LogP contribution in [-0.2, 0) is 18.3 Å². The number of hydrogen-bond donors (Lipinski definition) is 0. The lowest BCUT2D eigenvalue weighted by atomic mass is 10.0. The third-order valence-corrected chi connectivity index (χ3v) is 21.7. The predicted molar refractivity (Wildman–Crippen MR) is 245 cm³/mol. The summed E-state index contributed by atoms with van der Waals surface area (Å²) in [4.78, 5) is 2.69. The minimum atomic E-state index is -1.87. The van der Waals surface area contributed by atoms with Gasteiger partial charge in [-0.3, -0.25) is 0 Å². The standard InChI is InChI=1S/C47H101NO4Si2/c1-13-15-17-19-21-23-24-25-26-27-28-29-30-32-34-36-38-48(37-35-33-31-22-20-18-16-14-2)39-40-49-41-42-50-45(43-51-53(9,10)46(3,4)5)44-52-54(11,12)47(6,7)8/h45H,13-44H2,1-12H3. The van der Waals surface area contributed by atoms with Gasteiger partial charge in [-0.15, -0.1) is 0 Å². The van der Waals surface area contributed by atoms with E-state index in [1.807, 2.05) is 0 Å². The molecule has 0 spiro atoms. The van der Waals surface area contributed by atoms with Gasteiger partial charge in [0.2, 0.25) is 0 Å². The second-order valence-electron chi connectivity index (χ2n) is 19.9. The van der Waals surface area contributed by atoms with Gasteiger partial charge in [0.15, 0.2) is 16.6 Å². The molecule has 0 saturated carbocycles. The molecular formula is C47H101NO4Si2. The summed E-state index contributed by atoms with van der Waals surface area (Å²) in [5.41, 5.74) is 0. The van der Waals surface area contributed by atoms with Crippen LogP contribution < -0.4 is 0 Å². The molecule has 0 heterocycles. The van der Waals surface area contributed by atoms with Gasteiger partial charge in [-0.1, -0.05) is 197 Å². The van der Waals surface area contributed by atoms with Crippen molar-refractivity contribution in [3.05, 3.63) is 0 Å². The fourth-order valence-electron chi connectivity index (χ4n) is 6.44. The first kappa shape index (κ1) is 54.2. The molecule has 5 nitrogen and oxygen atoms in total. The highest BCUT2D eigenvalue weighted by molar-refractivity contribution is 6.74. The number of unbranched alkanes of at least 4 members (excludes halogenated alkanes) is 22. The minimum absolute atomic E-state index is 0.0646. The van der Waals surface area contributed by atoms with Crippen LogP contribution in [0.25, 0.3) is 0 Å². The van der Waals surface area contributed by atoms with Crippen molar-refractivity contribution in [3.8, 4) is 0 Å². The molecule has 0 aliphatic heterocycles. The van der Waals surface area contributed by atoms with Crippen molar-refractivity contribution in [2.75, 3.05) is 52.7 Å². The lowest BCUT2D eigenvalue weighted by molar-refractivity contribution is -0.0388. The van der Waals surface area contributed by atoms with E-state index in [2.05, 4.69) is 86.5 Å². The van der Waals surface area contributed by atoms with E-state index in [4.69, 9.17) is 18.3 Å². The van der Waals surface area contributed by atoms with E-state index in [1.54, 1.807) is 0 Å². The van der Waals surface area contributed by atoms with E-state index in [-0.39, 0.29) is 16.2 Å². The Labute approximate surface area is 343 Å². The smallest absolute Gasteiger partial charge is 0.192 e. The maximum Gasteiger partial charge on any atom is 0.192 e. The Morgan fingerprint density at radius 3 is 1.04 bits per heavy atom. The normalized spacial score (nSPS) is 13.2. The molecule has 0 aromatic rings. The molecule has 0 fully saturated rings. The Bertz CT molecular complexity index is 781. The molecule has 0 bridgehead atoms. The third kappa shape index (κ3) is 30.3. The molecule has 326 valence electrons. The molecule has 0 N–H and O–H groups in total. The Hall–Kier alpha value is 0.234. The van der Waals surface area contributed by atoms with Crippen LogP contribution >= 0.6 is 0 Å². The predicted octanol–water partition coefficient (Wildman–Crippen LogP) is 15.1. The highest BCUT2D eigenvalue weighted by Crippen LogP contribution is 2.38. The second-order valence-corrected chi connectivity index (χ2v) is 29.5. The molecule has 0 saturated heterocycles. The summed E-state index contributed by atoms with van der Waals surface area (Å²) in [5.74, 6) is 0. The van der Waals surface area contributed by atoms with E-state index < -0.39 is 16.6 Å². The molecule has 0 aromatic carbocycles. The van der Waals surface area contributed by atoms with Crippen LogP contribution in [0, 0.1) is 0 Å². The van der Waals surface area contributed by atoms with Gasteiger partial charge >= 0.3 is 0 Å². The summed E-state index contributed by atoms with van der Waals surface area (Å²) in [6, 6.07) is 0. The summed E-state index contributed by atoms with van der Waals surface area (Å²) < 4.78 is 25.8. The maximum absolute atomic E-state index is 6.60. The van der Waals surface area contributed by atoms with Gasteiger partial charge in [-0.2, -0.15) is 0 Å². The molecular weight excluding hydrogens is 699 g/mol. The van der Waals surface area contributed by atoms with Crippen molar-refractivity contribution in [2.24, 2.45) is 0 Å². The lowest BCUT2D eigenvalue weighted by Crippen LogP contribution is -2.46. The molecule has 0 radical (unpaired) electrons. The first-order valence-electron chi connectivity index (χ1n) is 23.8. The molecule has 0 aliphatic rings. The fourth-order valence-corrected chi connectivity index (χ4v) is 8.51. The zero-order valence-electron chi connectivity index (χ0n) is 39.3. The summed E-state index contributed by atoms with van der Waals surface area (Å²) in [6.07, 6.45) is 33.8. The first-order chi connectivity index (χ1) is 25.6. The first-order valence-corrected chi connectivity index (χ1v) is 29.6. The van der Waals surface area contributed by atoms with Gasteiger partial charge in [0.05, 0.1) is 33.0 Å². The van der Waals surface area contributed by atoms with Crippen molar-refractivity contribution in [3.63, 3.8) is 0 Å². The Morgan fingerprint density at radius 1 is 0.407 bits per heavy atom. The van der Waals surface area contributed by atoms with Gasteiger partial charge in [0.1, 0.15) is 6.10 Å². The summed E-state index contributed by atoms with van der Waals surface area (Å²) in [5, 5.41) is 0.348. The average Bonchev–Trinajstić information content (AvgIpc) is 3.10. The SMILES string of the molecule is CCCCCCCCCCCCCCCCCCN(CCCCCCCCCC)CCOCCOC(CO[Si](C)(C)C(C)(C)C)CO[Si](C)(C)C(C)(C)C. The highest BCUT2D eigenvalue weighted by atomic mass is 28.4. The van der Waals surface area contributed by atoms with Crippen LogP contribution in [0.1, 0.15) is 209 Å². The number of ether oxygens (including phenoxy) is 2. The van der Waals surface area contributed by atoms with Crippen molar-refractivity contribution in [2.45, 2.75) is 252 Å². The molecule has 0 aromatic heterocycles. The number of hydrogen-bond acceptors (Lipinski definition) is 5. The molecule has 7 heteroatoms. The zero-order valence-corrected chi connectivity index (χ0v) is 41.3. The average molecular weight is 801 g/mol. The Kier molecular flexibility index (Phi) is 33.3. The van der Waals surface area contributed by atoms with E-state index >= 15 is 0 Å². The van der Waals surface area contributed by atoms with Crippen molar-refractivity contribution in [1.29, 1.82) is 0 Å². The summed E-state index contributed by atoms with van der Waals surface area (Å²) >= 11 is 0. The fraction of sp³-hybridized carbons (Fsp3) is 1.00. The summed E-state index contributed by atoms with van der Waals surface area (Å²) in [6.45, 7) is 34.3. The lowest BCUT2D eigenvalue weighted by Gasteiger charge is -2.39. The van der Waals surface area contributed by atoms with E-state index in [1.165, 1.54) is 167 Å². The van der Waals surface area contributed by atoms with Gasteiger partial charge in [0.25, 0.3) is 0 Å². The van der Waals surface area contributed by atoms with Gasteiger partial charge < -0.3 is 23.2 Å². The van der Waals surface area contributed by atoms with Crippen LogP contribution in [0.2, 0.25) is 36.3 Å². The van der Waals surface area contributed by atoms with Gasteiger partial charge in [0, 0.05) is 6.54 Å². The van der Waals surface area contributed by atoms with E-state index in [9.17, 15) is 0 Å². The van der Waals surface area contributed by atoms with Crippen LogP contribution in [-0.4, -0.2) is 80.3 Å². The summed E-state index contributed by atoms with van der Waals surface area (Å²) in [7, 11) is -3.74. The Morgan fingerprint density at radius 2 is 0.722 bits per heavy atom. The van der Waals surface area contributed by atoms with Crippen molar-refractivity contribution in [1.82, 2.24) is 4.90 Å². The maximum atomic E-state index is 6.60. The third-order valence-electron chi connectivity index (χ3n) is 12.7. The van der Waals surface area contributed by atoms with Gasteiger partial charge in [-0.25, -0.2) is 0 Å². The van der Waals surface area contributed by atoms with Crippen LogP contribution in [0.5, 0.6) is 0 Å². The molecule has 54 heavy (non-hydrogen) atoms. The molecule has 0 atom stereocenters. The highest BCUT2D eigenvalue weighted by Gasteiger charge is 2.39. The minimum Gasteiger partial charge on any atom is -0.414 e. The second kappa shape index (κ2) is 33.1. The van der Waals surface area contributed by atoms with Crippen molar-refractivity contribution >= 4 is 16.6 Å². The number of rotatable bonds is 39. The molecule has 0 aliphatic carbocycles. The largest absolute Gasteiger partial charge is 0.414 e. The van der Waals surface area contributed by atoms with E-state index in [0.717, 1.165) is 13.2 Å². The quantitative estimate of drug-likeness (QED) is 0.0457. The van der Waals surface area contributed by atoms with Crippen molar-refractivity contribution < 1.29 is 18.3 Å². The zero-order chi connectivity index (χ0) is 40.6. The monoisotopic (exact) mass is 800 g/mol. The molecule has 0 rings (SSSR count). The van der Waals surface area contributed by atoms with Crippen LogP contribution in [0.3, 0.4) is 0 Å². The topological polar surface area (TPSA) is 40.2 Å². The number of nitrogens with zero attached hydrogens (tertiary/aromatic N) is 1. The van der Waals surface area contributed by atoms with Gasteiger partial charge in [-0.05, 0) is 62.2 Å². The molecule has 0 amide bonds. The van der Waals surface area contributed by atoms with E-state index in [0.29, 0.717) is 26.4 Å². The molecule has 0 unspecified atom stereocenters. The van der Waals surface area contributed by atoms with Crippen LogP contribution in [0.4, 0.5) is 0 Å². The Balaban J connectivity index is 4.58.